The number of fused-ring (bicyclic) bond motifs is 4. The van der Waals surface area contributed by atoms with Crippen LogP contribution in [0.4, 0.5) is 0 Å². The van der Waals surface area contributed by atoms with Crippen molar-refractivity contribution in [2.45, 2.75) is 18.8 Å². The number of imidazole rings is 1. The smallest absolute Gasteiger partial charge is 0.264 e. The summed E-state index contributed by atoms with van der Waals surface area (Å²) in [7, 11) is 0. The summed E-state index contributed by atoms with van der Waals surface area (Å²) in [5, 5.41) is 23.6. The van der Waals surface area contributed by atoms with Gasteiger partial charge in [0.15, 0.2) is 0 Å². The minimum Gasteiger partial charge on any atom is -0.268 e. The summed E-state index contributed by atoms with van der Waals surface area (Å²) in [5.41, 5.74) is 6.77. The van der Waals surface area contributed by atoms with E-state index in [0.717, 1.165) is 44.0 Å². The van der Waals surface area contributed by atoms with Gasteiger partial charge in [-0.1, -0.05) is 104 Å². The molecule has 5 heteroatoms. The summed E-state index contributed by atoms with van der Waals surface area (Å²) in [4.78, 5) is 19.7. The summed E-state index contributed by atoms with van der Waals surface area (Å²) in [6.45, 7) is 2.10. The minimum absolute atomic E-state index is 0.235. The second-order valence-corrected chi connectivity index (χ2v) is 12.0. The molecule has 0 fully saturated rings. The highest BCUT2D eigenvalue weighted by Crippen LogP contribution is 2.44. The van der Waals surface area contributed by atoms with E-state index in [1.165, 1.54) is 0 Å². The number of benzene rings is 5. The van der Waals surface area contributed by atoms with Crippen molar-refractivity contribution in [2.75, 3.05) is 0 Å². The van der Waals surface area contributed by atoms with Gasteiger partial charge < -0.3 is 0 Å². The van der Waals surface area contributed by atoms with Gasteiger partial charge in [0.05, 0.1) is 29.1 Å². The molecule has 0 radical (unpaired) electrons. The summed E-state index contributed by atoms with van der Waals surface area (Å²) < 4.78 is 1.65. The lowest BCUT2D eigenvalue weighted by Crippen LogP contribution is -2.26. The van der Waals surface area contributed by atoms with E-state index >= 15 is 0 Å². The van der Waals surface area contributed by atoms with Crippen LogP contribution in [0.3, 0.4) is 0 Å². The largest absolute Gasteiger partial charge is 0.268 e. The molecule has 0 aliphatic heterocycles. The predicted octanol–water partition coefficient (Wildman–Crippen LogP) is 8.79. The monoisotopic (exact) mass is 590 g/mol. The molecule has 46 heavy (non-hydrogen) atoms. The minimum atomic E-state index is -0.665. The van der Waals surface area contributed by atoms with E-state index in [0.29, 0.717) is 40.0 Å². The molecule has 5 nitrogen and oxygen atoms in total. The van der Waals surface area contributed by atoms with E-state index in [4.69, 9.17) is 4.98 Å². The highest BCUT2D eigenvalue weighted by atomic mass is 16.1. The molecule has 0 spiro atoms. The van der Waals surface area contributed by atoms with Crippen LogP contribution in [0.5, 0.6) is 0 Å². The number of nitrogens with zero attached hydrogens (tertiary/aromatic N) is 4. The van der Waals surface area contributed by atoms with E-state index in [2.05, 4.69) is 49.4 Å². The maximum Gasteiger partial charge on any atom is 0.264 e. The fourth-order valence-corrected chi connectivity index (χ4v) is 7.06. The third-order valence-corrected chi connectivity index (χ3v) is 9.39. The SMILES string of the molecule is CC1(c2ccccc2)CC(c2ccccc2)=Cc2nc3c4ccc(C#N)c5c(-c6ccccc6)ccc(c(=O)n3c2C=C1C#N)c54. The van der Waals surface area contributed by atoms with Crippen LogP contribution in [0.1, 0.15) is 41.4 Å². The number of aromatic nitrogens is 2. The Hall–Kier alpha value is -6.30. The Morgan fingerprint density at radius 1 is 0.717 bits per heavy atom. The van der Waals surface area contributed by atoms with Gasteiger partial charge in [0.2, 0.25) is 0 Å². The Labute approximate surface area is 265 Å². The lowest BCUT2D eigenvalue weighted by Gasteiger charge is -2.32. The topological polar surface area (TPSA) is 81.9 Å². The van der Waals surface area contributed by atoms with Gasteiger partial charge in [0.25, 0.3) is 5.56 Å². The second kappa shape index (κ2) is 10.4. The molecule has 216 valence electrons. The predicted molar refractivity (Wildman–Crippen MR) is 184 cm³/mol. The lowest BCUT2D eigenvalue weighted by atomic mass is 9.70. The Kier molecular flexibility index (Phi) is 6.17. The van der Waals surface area contributed by atoms with Crippen molar-refractivity contribution in [3.05, 3.63) is 159 Å². The second-order valence-electron chi connectivity index (χ2n) is 12.0. The fraction of sp³-hybridized carbons (Fsp3) is 0.0732. The molecule has 5 aromatic carbocycles. The van der Waals surface area contributed by atoms with Crippen LogP contribution in [0.2, 0.25) is 0 Å². The van der Waals surface area contributed by atoms with Gasteiger partial charge in [0.1, 0.15) is 5.65 Å². The van der Waals surface area contributed by atoms with E-state index in [1.807, 2.05) is 97.1 Å². The zero-order chi connectivity index (χ0) is 31.4. The van der Waals surface area contributed by atoms with E-state index in [1.54, 1.807) is 4.40 Å². The molecular formula is C41H26N4O. The Bertz CT molecular complexity index is 2530. The van der Waals surface area contributed by atoms with Crippen molar-refractivity contribution in [1.29, 1.82) is 10.5 Å². The van der Waals surface area contributed by atoms with Gasteiger partial charge in [-0.15, -0.1) is 0 Å². The molecule has 0 amide bonds. The third kappa shape index (κ3) is 4.00. The van der Waals surface area contributed by atoms with Crippen LogP contribution in [-0.4, -0.2) is 9.38 Å². The Balaban J connectivity index is 1.51. The fourth-order valence-electron chi connectivity index (χ4n) is 7.06. The van der Waals surface area contributed by atoms with Crippen LogP contribution in [0.25, 0.3) is 56.0 Å². The van der Waals surface area contributed by atoms with Crippen molar-refractivity contribution in [3.63, 3.8) is 0 Å². The summed E-state index contributed by atoms with van der Waals surface area (Å²) in [6, 6.07) is 42.5. The first-order valence-corrected chi connectivity index (χ1v) is 15.2. The molecule has 1 atom stereocenters. The van der Waals surface area contributed by atoms with Crippen molar-refractivity contribution in [2.24, 2.45) is 0 Å². The number of nitriles is 2. The van der Waals surface area contributed by atoms with Crippen molar-refractivity contribution in [3.8, 4) is 23.3 Å². The van der Waals surface area contributed by atoms with Crippen molar-refractivity contribution >= 4 is 44.9 Å². The van der Waals surface area contributed by atoms with E-state index in [-0.39, 0.29) is 5.56 Å². The van der Waals surface area contributed by atoms with Gasteiger partial charge in [-0.3, -0.25) is 9.20 Å². The van der Waals surface area contributed by atoms with Crippen molar-refractivity contribution < 1.29 is 0 Å². The molecule has 2 heterocycles. The maximum absolute atomic E-state index is 14.6. The van der Waals surface area contributed by atoms with Crippen LogP contribution < -0.4 is 5.56 Å². The zero-order valence-electron chi connectivity index (χ0n) is 25.0. The van der Waals surface area contributed by atoms with Gasteiger partial charge in [-0.05, 0) is 64.6 Å². The molecule has 0 saturated heterocycles. The highest BCUT2D eigenvalue weighted by Gasteiger charge is 2.35. The molecule has 2 aromatic heterocycles. The number of allylic oxidation sites excluding steroid dienone is 2. The molecule has 7 aromatic rings. The first kappa shape index (κ1) is 27.3. The van der Waals surface area contributed by atoms with Gasteiger partial charge >= 0.3 is 0 Å². The number of hydrogen-bond acceptors (Lipinski definition) is 4. The molecule has 1 aliphatic carbocycles. The number of rotatable bonds is 3. The first-order chi connectivity index (χ1) is 22.5. The zero-order valence-corrected chi connectivity index (χ0v) is 25.0. The third-order valence-electron chi connectivity index (χ3n) is 9.39. The molecule has 1 aliphatic rings. The molecule has 1 unspecified atom stereocenters. The first-order valence-electron chi connectivity index (χ1n) is 15.2. The van der Waals surface area contributed by atoms with Gasteiger partial charge in [-0.2, -0.15) is 10.5 Å². The molecule has 0 saturated carbocycles. The Morgan fingerprint density at radius 3 is 2.04 bits per heavy atom. The number of pyridine rings is 1. The van der Waals surface area contributed by atoms with Crippen LogP contribution >= 0.6 is 0 Å². The average Bonchev–Trinajstić information content (AvgIpc) is 3.46. The van der Waals surface area contributed by atoms with E-state index in [9.17, 15) is 15.3 Å². The van der Waals surface area contributed by atoms with Gasteiger partial charge in [0, 0.05) is 32.5 Å². The molecule has 0 N–H and O–H groups in total. The summed E-state index contributed by atoms with van der Waals surface area (Å²) in [6.07, 6.45) is 4.48. The standard InChI is InChI=1S/C41H26N4O/c1-41(30-15-9-4-10-16-30)23-29(26-11-5-2-6-12-26)21-35-36(22-31(41)25-43)45-39(44-35)33-18-17-28(24-42)37-32(27-13-7-3-8-14-27)19-20-34(38(33)37)40(45)46/h2-22H,23H2,1H3. The summed E-state index contributed by atoms with van der Waals surface area (Å²) >= 11 is 0. The average molecular weight is 591 g/mol. The van der Waals surface area contributed by atoms with E-state index < -0.39 is 5.41 Å². The Morgan fingerprint density at radius 2 is 1.37 bits per heavy atom. The normalized spacial score (nSPS) is 16.2. The van der Waals surface area contributed by atoms with Crippen LogP contribution in [-0.2, 0) is 5.41 Å². The quantitative estimate of drug-likeness (QED) is 0.206. The van der Waals surface area contributed by atoms with Crippen LogP contribution in [0, 0.1) is 22.7 Å². The lowest BCUT2D eigenvalue weighted by molar-refractivity contribution is 0.593. The van der Waals surface area contributed by atoms with Crippen molar-refractivity contribution in [1.82, 2.24) is 9.38 Å². The molecule has 0 bridgehead atoms. The molecular weight excluding hydrogens is 564 g/mol. The summed E-state index contributed by atoms with van der Waals surface area (Å²) in [5.74, 6) is 0. The maximum atomic E-state index is 14.6. The highest BCUT2D eigenvalue weighted by molar-refractivity contribution is 6.20. The number of hydrogen-bond donors (Lipinski definition) is 0. The molecule has 8 rings (SSSR count). The van der Waals surface area contributed by atoms with Crippen LogP contribution in [0.15, 0.2) is 126 Å². The van der Waals surface area contributed by atoms with Gasteiger partial charge in [-0.25, -0.2) is 4.98 Å².